The van der Waals surface area contributed by atoms with E-state index in [-0.39, 0.29) is 17.0 Å². The van der Waals surface area contributed by atoms with Crippen LogP contribution in [0.1, 0.15) is 24.5 Å². The molecule has 0 radical (unpaired) electrons. The van der Waals surface area contributed by atoms with Gasteiger partial charge in [-0.05, 0) is 12.5 Å². The molecule has 100 valence electrons. The fourth-order valence-electron chi connectivity index (χ4n) is 1.51. The molecular weight excluding hydrogens is 271 g/mol. The van der Waals surface area contributed by atoms with E-state index in [0.29, 0.717) is 6.42 Å². The number of rotatable bonds is 3. The van der Waals surface area contributed by atoms with Crippen LogP contribution in [0.4, 0.5) is 13.2 Å². The van der Waals surface area contributed by atoms with Crippen molar-refractivity contribution in [3.8, 4) is 11.5 Å². The highest BCUT2D eigenvalue weighted by molar-refractivity contribution is 6.32. The quantitative estimate of drug-likeness (QED) is 0.741. The maximum atomic E-state index is 12.4. The van der Waals surface area contributed by atoms with Gasteiger partial charge in [-0.1, -0.05) is 24.9 Å². The van der Waals surface area contributed by atoms with Crippen LogP contribution in [0.25, 0.3) is 0 Å². The minimum absolute atomic E-state index is 0.0750. The van der Waals surface area contributed by atoms with Gasteiger partial charge in [0.1, 0.15) is 17.2 Å². The third-order valence-corrected chi connectivity index (χ3v) is 2.67. The molecule has 0 bridgehead atoms. The molecule has 0 aliphatic carbocycles. The first-order valence-corrected chi connectivity index (χ1v) is 5.47. The molecule has 0 heterocycles. The van der Waals surface area contributed by atoms with E-state index in [2.05, 4.69) is 0 Å². The van der Waals surface area contributed by atoms with Gasteiger partial charge in [0.15, 0.2) is 0 Å². The van der Waals surface area contributed by atoms with Gasteiger partial charge in [-0.25, -0.2) is 0 Å². The van der Waals surface area contributed by atoms with Gasteiger partial charge in [-0.3, -0.25) is 5.41 Å². The number of hydrogen-bond donors (Lipinski definition) is 3. The van der Waals surface area contributed by atoms with Gasteiger partial charge in [-0.2, -0.15) is 13.2 Å². The van der Waals surface area contributed by atoms with E-state index < -0.39 is 29.0 Å². The Morgan fingerprint density at radius 1 is 1.33 bits per heavy atom. The first-order valence-electron chi connectivity index (χ1n) is 5.09. The SMILES string of the molecule is CCCc1c(O)c(Cl)cc(C(=N)C(F)(F)F)c1O. The number of aromatic hydroxyl groups is 2. The molecule has 0 spiro atoms. The van der Waals surface area contributed by atoms with E-state index in [4.69, 9.17) is 17.0 Å². The molecule has 0 aromatic heterocycles. The van der Waals surface area contributed by atoms with E-state index in [0.717, 1.165) is 6.07 Å². The Labute approximate surface area is 106 Å². The molecule has 18 heavy (non-hydrogen) atoms. The number of nitrogens with one attached hydrogen (secondary N) is 1. The lowest BCUT2D eigenvalue weighted by Crippen LogP contribution is -2.23. The monoisotopic (exact) mass is 281 g/mol. The lowest BCUT2D eigenvalue weighted by atomic mass is 10.00. The first kappa shape index (κ1) is 14.6. The summed E-state index contributed by atoms with van der Waals surface area (Å²) in [6.07, 6.45) is -4.22. The third-order valence-electron chi connectivity index (χ3n) is 2.38. The van der Waals surface area contributed by atoms with Crippen molar-refractivity contribution in [3.63, 3.8) is 0 Å². The number of benzene rings is 1. The second-order valence-corrected chi connectivity index (χ2v) is 4.11. The molecule has 1 aromatic carbocycles. The Hall–Kier alpha value is -1.43. The van der Waals surface area contributed by atoms with Gasteiger partial charge in [0, 0.05) is 11.1 Å². The van der Waals surface area contributed by atoms with Crippen molar-refractivity contribution < 1.29 is 23.4 Å². The van der Waals surface area contributed by atoms with E-state index in [1.807, 2.05) is 0 Å². The molecule has 0 atom stereocenters. The summed E-state index contributed by atoms with van der Waals surface area (Å²) in [7, 11) is 0. The molecule has 3 N–H and O–H groups in total. The third kappa shape index (κ3) is 2.69. The zero-order chi connectivity index (χ0) is 14.1. The average Bonchev–Trinajstić information content (AvgIpc) is 2.27. The highest BCUT2D eigenvalue weighted by Crippen LogP contribution is 2.39. The topological polar surface area (TPSA) is 64.3 Å². The van der Waals surface area contributed by atoms with Crippen molar-refractivity contribution in [2.75, 3.05) is 0 Å². The van der Waals surface area contributed by atoms with Crippen molar-refractivity contribution in [2.24, 2.45) is 0 Å². The van der Waals surface area contributed by atoms with Gasteiger partial charge in [0.05, 0.1) is 5.02 Å². The van der Waals surface area contributed by atoms with Crippen LogP contribution < -0.4 is 0 Å². The van der Waals surface area contributed by atoms with Crippen molar-refractivity contribution in [3.05, 3.63) is 22.2 Å². The smallest absolute Gasteiger partial charge is 0.433 e. The zero-order valence-corrected chi connectivity index (χ0v) is 10.2. The van der Waals surface area contributed by atoms with Crippen molar-refractivity contribution in [2.45, 2.75) is 25.9 Å². The van der Waals surface area contributed by atoms with Gasteiger partial charge >= 0.3 is 6.18 Å². The average molecular weight is 282 g/mol. The zero-order valence-electron chi connectivity index (χ0n) is 9.40. The summed E-state index contributed by atoms with van der Waals surface area (Å²) in [5.41, 5.74) is -2.50. The number of hydrogen-bond acceptors (Lipinski definition) is 3. The number of halogens is 4. The van der Waals surface area contributed by atoms with Gasteiger partial charge < -0.3 is 10.2 Å². The van der Waals surface area contributed by atoms with E-state index in [1.165, 1.54) is 0 Å². The van der Waals surface area contributed by atoms with Crippen LogP contribution in [0.5, 0.6) is 11.5 Å². The Morgan fingerprint density at radius 3 is 2.33 bits per heavy atom. The van der Waals surface area contributed by atoms with Crippen LogP contribution >= 0.6 is 11.6 Å². The van der Waals surface area contributed by atoms with Crippen LogP contribution in [0.2, 0.25) is 5.02 Å². The fraction of sp³-hybridized carbons (Fsp3) is 0.364. The number of phenolic OH excluding ortho intramolecular Hbond substituents is 2. The lowest BCUT2D eigenvalue weighted by molar-refractivity contribution is -0.0588. The predicted octanol–water partition coefficient (Wildman–Crippen LogP) is 3.63. The maximum Gasteiger partial charge on any atom is 0.433 e. The van der Waals surface area contributed by atoms with E-state index in [1.54, 1.807) is 6.92 Å². The highest BCUT2D eigenvalue weighted by Gasteiger charge is 2.37. The Kier molecular flexibility index (Phi) is 4.11. The van der Waals surface area contributed by atoms with Crippen molar-refractivity contribution in [1.82, 2.24) is 0 Å². The van der Waals surface area contributed by atoms with Gasteiger partial charge in [-0.15, -0.1) is 0 Å². The normalized spacial score (nSPS) is 11.6. The molecule has 0 amide bonds. The summed E-state index contributed by atoms with van der Waals surface area (Å²) in [4.78, 5) is 0. The van der Waals surface area contributed by atoms with Crippen LogP contribution in [0, 0.1) is 5.41 Å². The molecule has 0 fully saturated rings. The first-order chi connectivity index (χ1) is 8.20. The van der Waals surface area contributed by atoms with Gasteiger partial charge in [0.25, 0.3) is 0 Å². The van der Waals surface area contributed by atoms with Crippen LogP contribution in [-0.2, 0) is 6.42 Å². The summed E-state index contributed by atoms with van der Waals surface area (Å²) in [5, 5.41) is 25.9. The Morgan fingerprint density at radius 2 is 1.89 bits per heavy atom. The summed E-state index contributed by atoms with van der Waals surface area (Å²) in [6, 6.07) is 0.737. The van der Waals surface area contributed by atoms with E-state index >= 15 is 0 Å². The Balaban J connectivity index is 3.43. The summed E-state index contributed by atoms with van der Waals surface area (Å²) < 4.78 is 37.3. The molecule has 0 aliphatic rings. The molecule has 1 rings (SSSR count). The minimum Gasteiger partial charge on any atom is -0.507 e. The molecule has 7 heteroatoms. The second-order valence-electron chi connectivity index (χ2n) is 3.70. The standard InChI is InChI=1S/C11H11ClF3NO2/c1-2-3-5-8(17)6(4-7(12)9(5)18)10(16)11(13,14)15/h4,16-18H,2-3H2,1H3. The van der Waals surface area contributed by atoms with Crippen molar-refractivity contribution in [1.29, 1.82) is 5.41 Å². The number of phenols is 2. The Bertz CT molecular complexity index is 486. The van der Waals surface area contributed by atoms with Crippen LogP contribution in [0.3, 0.4) is 0 Å². The van der Waals surface area contributed by atoms with E-state index in [9.17, 15) is 23.4 Å². The van der Waals surface area contributed by atoms with Crippen LogP contribution in [-0.4, -0.2) is 22.1 Å². The summed E-state index contributed by atoms with van der Waals surface area (Å²) >= 11 is 5.60. The summed E-state index contributed by atoms with van der Waals surface area (Å²) in [5.74, 6) is -1.20. The number of alkyl halides is 3. The summed E-state index contributed by atoms with van der Waals surface area (Å²) in [6.45, 7) is 1.73. The molecule has 0 saturated carbocycles. The lowest BCUT2D eigenvalue weighted by Gasteiger charge is -2.15. The van der Waals surface area contributed by atoms with Gasteiger partial charge in [0.2, 0.25) is 0 Å². The molecule has 0 aliphatic heterocycles. The molecule has 1 aromatic rings. The molecule has 0 saturated heterocycles. The molecule has 0 unspecified atom stereocenters. The largest absolute Gasteiger partial charge is 0.507 e. The highest BCUT2D eigenvalue weighted by atomic mass is 35.5. The predicted molar refractivity (Wildman–Crippen MR) is 61.7 cm³/mol. The second kappa shape index (κ2) is 5.06. The van der Waals surface area contributed by atoms with Crippen molar-refractivity contribution >= 4 is 17.3 Å². The molecule has 3 nitrogen and oxygen atoms in total. The van der Waals surface area contributed by atoms with Crippen LogP contribution in [0.15, 0.2) is 6.07 Å². The maximum absolute atomic E-state index is 12.4. The minimum atomic E-state index is -4.89. The molecular formula is C11H11ClF3NO2. The fourth-order valence-corrected chi connectivity index (χ4v) is 1.74.